The van der Waals surface area contributed by atoms with Crippen LogP contribution in [0.25, 0.3) is 0 Å². The Labute approximate surface area is 142 Å². The van der Waals surface area contributed by atoms with Crippen LogP contribution in [-0.4, -0.2) is 16.8 Å². The quantitative estimate of drug-likeness (QED) is 0.705. The summed E-state index contributed by atoms with van der Waals surface area (Å²) < 4.78 is 4.43. The maximum absolute atomic E-state index is 4.57. The third-order valence-electron chi connectivity index (χ3n) is 3.53. The molecule has 2 rings (SSSR count). The molecule has 0 aliphatic carbocycles. The molecule has 1 aromatic heterocycles. The van der Waals surface area contributed by atoms with Gasteiger partial charge in [-0.3, -0.25) is 4.68 Å². The van der Waals surface area contributed by atoms with E-state index in [1.807, 2.05) is 18.8 Å². The average molecular weight is 448 g/mol. The van der Waals surface area contributed by atoms with Crippen molar-refractivity contribution in [3.63, 3.8) is 0 Å². The van der Waals surface area contributed by atoms with Gasteiger partial charge in [0, 0.05) is 23.1 Å². The summed E-state index contributed by atoms with van der Waals surface area (Å²) >= 11 is 6.10. The fourth-order valence-corrected chi connectivity index (χ4v) is 3.90. The van der Waals surface area contributed by atoms with Crippen LogP contribution in [0.4, 0.5) is 0 Å². The zero-order valence-corrected chi connectivity index (χ0v) is 15.7. The van der Waals surface area contributed by atoms with Crippen molar-refractivity contribution in [2.45, 2.75) is 25.8 Å². The summed E-state index contributed by atoms with van der Waals surface area (Å²) in [5.74, 6) is 0. The summed E-state index contributed by atoms with van der Waals surface area (Å²) in [6.07, 6.45) is 1.86. The molecule has 0 radical (unpaired) electrons. The lowest BCUT2D eigenvalue weighted by molar-refractivity contribution is 0.558. The highest BCUT2D eigenvalue weighted by atomic mass is 127. The second-order valence-corrected chi connectivity index (χ2v) is 6.71. The summed E-state index contributed by atoms with van der Waals surface area (Å²) in [5.41, 5.74) is 3.70. The first-order chi connectivity index (χ1) is 9.58. The smallest absolute Gasteiger partial charge is 0.0766 e. The van der Waals surface area contributed by atoms with Gasteiger partial charge in [-0.1, -0.05) is 25.1 Å². The number of nitrogens with one attached hydrogen (secondary N) is 1. The highest BCUT2D eigenvalue weighted by Gasteiger charge is 2.19. The second kappa shape index (κ2) is 7.04. The third kappa shape index (κ3) is 3.26. The number of aromatic nitrogens is 2. The Balaban J connectivity index is 2.32. The minimum atomic E-state index is 0.291. The Kier molecular flexibility index (Phi) is 5.63. The zero-order valence-electron chi connectivity index (χ0n) is 12.0. The van der Waals surface area contributed by atoms with E-state index < -0.39 is 0 Å². The predicted molar refractivity (Wildman–Crippen MR) is 94.9 cm³/mol. The molecule has 2 aromatic rings. The maximum Gasteiger partial charge on any atom is 0.0766 e. The van der Waals surface area contributed by atoms with Crippen LogP contribution in [-0.2, 0) is 19.9 Å². The Hall–Kier alpha value is -0.400. The molecular formula is C15H19BrIN3. The molecule has 0 saturated carbocycles. The number of benzene rings is 1. The van der Waals surface area contributed by atoms with E-state index in [1.54, 1.807) is 0 Å². The summed E-state index contributed by atoms with van der Waals surface area (Å²) in [5, 5.41) is 7.99. The molecule has 0 saturated heterocycles. The number of aryl methyl sites for hydroxylation is 2. The van der Waals surface area contributed by atoms with E-state index in [4.69, 9.17) is 0 Å². The third-order valence-corrected chi connectivity index (χ3v) is 5.43. The molecule has 1 aromatic carbocycles. The number of hydrogen-bond donors (Lipinski definition) is 1. The number of hydrogen-bond acceptors (Lipinski definition) is 2. The van der Waals surface area contributed by atoms with Crippen LogP contribution in [0.1, 0.15) is 29.9 Å². The number of halogens is 2. The van der Waals surface area contributed by atoms with Crippen LogP contribution in [0.3, 0.4) is 0 Å². The Bertz CT molecular complexity index is 595. The van der Waals surface area contributed by atoms with Gasteiger partial charge in [0.25, 0.3) is 0 Å². The van der Waals surface area contributed by atoms with Crippen molar-refractivity contribution in [2.24, 2.45) is 7.05 Å². The van der Waals surface area contributed by atoms with Gasteiger partial charge >= 0.3 is 0 Å². The largest absolute Gasteiger partial charge is 0.313 e. The Morgan fingerprint density at radius 3 is 2.65 bits per heavy atom. The number of nitrogens with zero attached hydrogens (tertiary/aromatic N) is 2. The zero-order chi connectivity index (χ0) is 14.7. The number of rotatable bonds is 5. The highest BCUT2D eigenvalue weighted by molar-refractivity contribution is 14.1. The molecule has 0 amide bonds. The summed E-state index contributed by atoms with van der Waals surface area (Å²) in [7, 11) is 4.03. The minimum Gasteiger partial charge on any atom is -0.313 e. The molecule has 3 nitrogen and oxygen atoms in total. The van der Waals surface area contributed by atoms with Crippen molar-refractivity contribution in [2.75, 3.05) is 7.05 Å². The molecule has 1 unspecified atom stereocenters. The van der Waals surface area contributed by atoms with Gasteiger partial charge in [-0.25, -0.2) is 0 Å². The van der Waals surface area contributed by atoms with Gasteiger partial charge in [-0.15, -0.1) is 0 Å². The topological polar surface area (TPSA) is 29.9 Å². The molecule has 108 valence electrons. The van der Waals surface area contributed by atoms with Gasteiger partial charge in [-0.2, -0.15) is 5.10 Å². The van der Waals surface area contributed by atoms with Crippen molar-refractivity contribution < 1.29 is 0 Å². The average Bonchev–Trinajstić information content (AvgIpc) is 2.72. The molecule has 1 heterocycles. The van der Waals surface area contributed by atoms with Gasteiger partial charge in [0.15, 0.2) is 0 Å². The summed E-state index contributed by atoms with van der Waals surface area (Å²) in [6, 6.07) is 8.80. The second-order valence-electron chi connectivity index (χ2n) is 4.75. The van der Waals surface area contributed by atoms with Gasteiger partial charge in [0.05, 0.1) is 15.9 Å². The molecule has 0 fully saturated rings. The SMILES string of the molecule is CCc1nn(C)c(CC(NC)c2ccccc2I)c1Br. The fourth-order valence-electron chi connectivity index (χ4n) is 2.36. The van der Waals surface area contributed by atoms with Gasteiger partial charge in [0.1, 0.15) is 0 Å². The normalized spacial score (nSPS) is 12.7. The van der Waals surface area contributed by atoms with Gasteiger partial charge in [0.2, 0.25) is 0 Å². The standard InChI is InChI=1S/C15H19BrIN3/c1-4-12-15(16)14(20(3)19-12)9-13(18-2)10-7-5-6-8-11(10)17/h5-8,13,18H,4,9H2,1-3H3. The van der Waals surface area contributed by atoms with Crippen molar-refractivity contribution >= 4 is 38.5 Å². The van der Waals surface area contributed by atoms with Gasteiger partial charge in [-0.05, 0) is 63.6 Å². The van der Waals surface area contributed by atoms with E-state index in [2.05, 4.69) is 80.1 Å². The lowest BCUT2D eigenvalue weighted by Gasteiger charge is -2.18. The maximum atomic E-state index is 4.57. The highest BCUT2D eigenvalue weighted by Crippen LogP contribution is 2.28. The molecule has 1 atom stereocenters. The van der Waals surface area contributed by atoms with Crippen molar-refractivity contribution in [1.29, 1.82) is 0 Å². The first kappa shape index (κ1) is 16.0. The van der Waals surface area contributed by atoms with E-state index in [0.29, 0.717) is 6.04 Å². The van der Waals surface area contributed by atoms with Crippen LogP contribution in [0, 0.1) is 3.57 Å². The van der Waals surface area contributed by atoms with E-state index >= 15 is 0 Å². The fraction of sp³-hybridized carbons (Fsp3) is 0.400. The summed E-state index contributed by atoms with van der Waals surface area (Å²) in [6.45, 7) is 2.13. The monoisotopic (exact) mass is 447 g/mol. The van der Waals surface area contributed by atoms with Crippen molar-refractivity contribution in [3.8, 4) is 0 Å². The molecule has 0 aliphatic rings. The molecule has 0 aliphatic heterocycles. The van der Waals surface area contributed by atoms with Crippen LogP contribution in [0.15, 0.2) is 28.7 Å². The first-order valence-electron chi connectivity index (χ1n) is 6.70. The molecule has 20 heavy (non-hydrogen) atoms. The molecule has 0 spiro atoms. The van der Waals surface area contributed by atoms with Crippen LogP contribution >= 0.6 is 38.5 Å². The van der Waals surface area contributed by atoms with E-state index in [-0.39, 0.29) is 0 Å². The first-order valence-corrected chi connectivity index (χ1v) is 8.57. The summed E-state index contributed by atoms with van der Waals surface area (Å²) in [4.78, 5) is 0. The predicted octanol–water partition coefficient (Wildman–Crippen LogP) is 3.85. The van der Waals surface area contributed by atoms with Crippen LogP contribution in [0.2, 0.25) is 0 Å². The molecule has 0 bridgehead atoms. The van der Waals surface area contributed by atoms with Crippen LogP contribution < -0.4 is 5.32 Å². The van der Waals surface area contributed by atoms with Crippen molar-refractivity contribution in [3.05, 3.63) is 49.3 Å². The molecule has 1 N–H and O–H groups in total. The van der Waals surface area contributed by atoms with Crippen LogP contribution in [0.5, 0.6) is 0 Å². The minimum absolute atomic E-state index is 0.291. The van der Waals surface area contributed by atoms with E-state index in [9.17, 15) is 0 Å². The lowest BCUT2D eigenvalue weighted by atomic mass is 10.0. The number of likely N-dealkylation sites (N-methyl/N-ethyl adjacent to an activating group) is 1. The van der Waals surface area contributed by atoms with Gasteiger partial charge < -0.3 is 5.32 Å². The van der Waals surface area contributed by atoms with E-state index in [0.717, 1.165) is 23.0 Å². The van der Waals surface area contributed by atoms with Crippen molar-refractivity contribution in [1.82, 2.24) is 15.1 Å². The lowest BCUT2D eigenvalue weighted by Crippen LogP contribution is -2.21. The Morgan fingerprint density at radius 1 is 1.40 bits per heavy atom. The molecular weight excluding hydrogens is 429 g/mol. The molecule has 5 heteroatoms. The Morgan fingerprint density at radius 2 is 2.10 bits per heavy atom. The van der Waals surface area contributed by atoms with E-state index in [1.165, 1.54) is 14.8 Å².